The number of benzene rings is 1. The van der Waals surface area contributed by atoms with Gasteiger partial charge in [-0.05, 0) is 31.2 Å². The van der Waals surface area contributed by atoms with Crippen molar-refractivity contribution < 1.29 is 4.79 Å². The molecule has 0 saturated heterocycles. The monoisotopic (exact) mass is 494 g/mol. The van der Waals surface area contributed by atoms with Gasteiger partial charge in [0.2, 0.25) is 0 Å². The topological polar surface area (TPSA) is 141 Å². The molecule has 0 saturated carbocycles. The lowest BCUT2D eigenvalue weighted by molar-refractivity contribution is 0.251. The van der Waals surface area contributed by atoms with Gasteiger partial charge in [-0.3, -0.25) is 0 Å². The summed E-state index contributed by atoms with van der Waals surface area (Å²) in [6.45, 7) is 1.75. The predicted octanol–water partition coefficient (Wildman–Crippen LogP) is 4.40. The van der Waals surface area contributed by atoms with Crippen LogP contribution in [0, 0.1) is 6.92 Å². The van der Waals surface area contributed by atoms with Crippen molar-refractivity contribution in [3.63, 3.8) is 0 Å². The summed E-state index contributed by atoms with van der Waals surface area (Å²) in [6, 6.07) is 11.3. The van der Waals surface area contributed by atoms with Crippen molar-refractivity contribution in [2.45, 2.75) is 6.92 Å². The number of fused-ring (bicyclic) bond motifs is 1. The van der Waals surface area contributed by atoms with Crippen LogP contribution in [0.4, 0.5) is 27.9 Å². The predicted molar refractivity (Wildman–Crippen MR) is 130 cm³/mol. The molecule has 5 aromatic rings. The van der Waals surface area contributed by atoms with E-state index in [1.54, 1.807) is 60.1 Å². The van der Waals surface area contributed by atoms with E-state index in [0.717, 1.165) is 4.68 Å². The Labute approximate surface area is 202 Å². The third kappa shape index (κ3) is 4.09. The number of nitrogens with zero attached hydrogens (tertiary/aromatic N) is 7. The van der Waals surface area contributed by atoms with E-state index in [1.807, 2.05) is 0 Å². The number of anilines is 4. The third-order valence-corrected chi connectivity index (χ3v) is 5.55. The first-order valence-electron chi connectivity index (χ1n) is 9.92. The lowest BCUT2D eigenvalue weighted by atomic mass is 10.3. The van der Waals surface area contributed by atoms with Gasteiger partial charge in [0, 0.05) is 24.5 Å². The molecule has 1 aromatic carbocycles. The van der Waals surface area contributed by atoms with E-state index < -0.39 is 6.03 Å². The highest BCUT2D eigenvalue weighted by molar-refractivity contribution is 6.43. The minimum atomic E-state index is -0.520. The van der Waals surface area contributed by atoms with Crippen LogP contribution >= 0.6 is 23.2 Å². The van der Waals surface area contributed by atoms with Gasteiger partial charge in [-0.1, -0.05) is 29.3 Å². The number of aromatic nitrogens is 7. The van der Waals surface area contributed by atoms with Gasteiger partial charge < -0.3 is 16.4 Å². The Balaban J connectivity index is 1.47. The molecule has 11 nitrogen and oxygen atoms in total. The van der Waals surface area contributed by atoms with Crippen LogP contribution in [0.1, 0.15) is 5.82 Å². The number of nitrogens with one attached hydrogen (secondary N) is 2. The molecule has 0 atom stereocenters. The van der Waals surface area contributed by atoms with Crippen molar-refractivity contribution >= 4 is 58.0 Å². The maximum absolute atomic E-state index is 12.6. The first kappa shape index (κ1) is 21.6. The first-order valence-corrected chi connectivity index (χ1v) is 10.7. The van der Waals surface area contributed by atoms with Crippen LogP contribution in [0.5, 0.6) is 0 Å². The summed E-state index contributed by atoms with van der Waals surface area (Å²) in [5, 5.41) is 15.0. The zero-order chi connectivity index (χ0) is 23.8. The van der Waals surface area contributed by atoms with Gasteiger partial charge in [0.25, 0.3) is 0 Å². The van der Waals surface area contributed by atoms with Crippen molar-refractivity contribution in [2.75, 3.05) is 16.4 Å². The molecule has 0 radical (unpaired) electrons. The van der Waals surface area contributed by atoms with Crippen LogP contribution < -0.4 is 16.4 Å². The van der Waals surface area contributed by atoms with Crippen molar-refractivity contribution in [1.82, 2.24) is 34.3 Å². The van der Waals surface area contributed by atoms with E-state index in [-0.39, 0.29) is 5.02 Å². The molecule has 0 aliphatic heterocycles. The highest BCUT2D eigenvalue weighted by atomic mass is 35.5. The van der Waals surface area contributed by atoms with Gasteiger partial charge >= 0.3 is 6.03 Å². The van der Waals surface area contributed by atoms with E-state index >= 15 is 0 Å². The van der Waals surface area contributed by atoms with E-state index in [9.17, 15) is 4.79 Å². The molecule has 34 heavy (non-hydrogen) atoms. The standard InChI is InChI=1S/C21H16Cl2N10O/c1-11-26-14(10-15(24)27-11)19-20(30-17-6-3-8-25-33(17)19)29-16-7-9-32(31-16)21(34)28-13-5-2-4-12(22)18(13)23/h2-10H,1H3,(H,28,34)(H,29,31)(H2,24,26,27). The molecular formula is C21H16Cl2N10O. The molecule has 170 valence electrons. The van der Waals surface area contributed by atoms with Gasteiger partial charge in [-0.25, -0.2) is 24.3 Å². The maximum Gasteiger partial charge on any atom is 0.346 e. The normalized spacial score (nSPS) is 11.0. The highest BCUT2D eigenvalue weighted by Gasteiger charge is 2.19. The first-order chi connectivity index (χ1) is 16.4. The molecule has 0 aliphatic carbocycles. The van der Waals surface area contributed by atoms with Crippen LogP contribution in [0.3, 0.4) is 0 Å². The Bertz CT molecular complexity index is 1520. The van der Waals surface area contributed by atoms with Gasteiger partial charge in [0.15, 0.2) is 17.3 Å². The smallest absolute Gasteiger partial charge is 0.346 e. The summed E-state index contributed by atoms with van der Waals surface area (Å²) in [5.74, 6) is 1.63. The number of amides is 1. The second-order valence-electron chi connectivity index (χ2n) is 7.13. The molecule has 0 aliphatic rings. The molecule has 4 N–H and O–H groups in total. The van der Waals surface area contributed by atoms with E-state index in [4.69, 9.17) is 28.9 Å². The van der Waals surface area contributed by atoms with Crippen LogP contribution in [0.25, 0.3) is 17.0 Å². The van der Waals surface area contributed by atoms with Gasteiger partial charge in [0.05, 0.1) is 21.4 Å². The lowest BCUT2D eigenvalue weighted by Crippen LogP contribution is -2.20. The van der Waals surface area contributed by atoms with Gasteiger partial charge in [0.1, 0.15) is 17.3 Å². The Morgan fingerprint density at radius 2 is 1.94 bits per heavy atom. The Hall–Kier alpha value is -4.22. The van der Waals surface area contributed by atoms with E-state index in [2.05, 4.69) is 35.8 Å². The molecule has 0 unspecified atom stereocenters. The third-order valence-electron chi connectivity index (χ3n) is 4.73. The summed E-state index contributed by atoms with van der Waals surface area (Å²) in [6.07, 6.45) is 3.13. The average Bonchev–Trinajstić information content (AvgIpc) is 3.41. The Morgan fingerprint density at radius 1 is 1.09 bits per heavy atom. The van der Waals surface area contributed by atoms with Crippen molar-refractivity contribution in [3.05, 3.63) is 70.7 Å². The Kier molecular flexibility index (Phi) is 5.48. The molecule has 4 heterocycles. The molecular weight excluding hydrogens is 479 g/mol. The van der Waals surface area contributed by atoms with Crippen molar-refractivity contribution in [1.29, 1.82) is 0 Å². The summed E-state index contributed by atoms with van der Waals surface area (Å²) >= 11 is 12.2. The number of rotatable bonds is 4. The number of nitrogen functional groups attached to an aromatic ring is 1. The van der Waals surface area contributed by atoms with Crippen molar-refractivity contribution in [3.8, 4) is 11.4 Å². The number of aryl methyl sites for hydroxylation is 1. The van der Waals surface area contributed by atoms with Gasteiger partial charge in [-0.2, -0.15) is 9.78 Å². The quantitative estimate of drug-likeness (QED) is 0.333. The zero-order valence-electron chi connectivity index (χ0n) is 17.6. The van der Waals surface area contributed by atoms with E-state index in [1.165, 1.54) is 6.20 Å². The van der Waals surface area contributed by atoms with Crippen molar-refractivity contribution in [2.24, 2.45) is 0 Å². The number of hydrogen-bond acceptors (Lipinski definition) is 8. The number of nitrogens with two attached hydrogens (primary N) is 1. The maximum atomic E-state index is 12.6. The Morgan fingerprint density at radius 3 is 2.76 bits per heavy atom. The number of hydrogen-bond donors (Lipinski definition) is 3. The number of carbonyl (C=O) groups is 1. The van der Waals surface area contributed by atoms with Crippen LogP contribution in [-0.4, -0.2) is 40.4 Å². The molecule has 0 fully saturated rings. The summed E-state index contributed by atoms with van der Waals surface area (Å²) in [7, 11) is 0. The van der Waals surface area contributed by atoms with Crippen LogP contribution in [-0.2, 0) is 0 Å². The fourth-order valence-electron chi connectivity index (χ4n) is 3.32. The summed E-state index contributed by atoms with van der Waals surface area (Å²) < 4.78 is 2.76. The average molecular weight is 495 g/mol. The summed E-state index contributed by atoms with van der Waals surface area (Å²) in [5.41, 5.74) is 7.99. The zero-order valence-corrected chi connectivity index (χ0v) is 19.1. The number of carbonyl (C=O) groups excluding carboxylic acids is 1. The number of imidazole rings is 1. The van der Waals surface area contributed by atoms with Crippen LogP contribution in [0.15, 0.2) is 54.9 Å². The molecule has 1 amide bonds. The molecule has 4 aromatic heterocycles. The minimum absolute atomic E-state index is 0.240. The second kappa shape index (κ2) is 8.61. The van der Waals surface area contributed by atoms with E-state index in [0.29, 0.717) is 51.0 Å². The largest absolute Gasteiger partial charge is 0.384 e. The number of halogens is 2. The second-order valence-corrected chi connectivity index (χ2v) is 7.92. The molecule has 0 spiro atoms. The SMILES string of the molecule is Cc1nc(N)cc(-c2c(Nc3ccn(C(=O)Nc4cccc(Cl)c4Cl)n3)nc3cccnn23)n1. The molecule has 5 rings (SSSR count). The molecule has 0 bridgehead atoms. The van der Waals surface area contributed by atoms with Crippen LogP contribution in [0.2, 0.25) is 10.0 Å². The lowest BCUT2D eigenvalue weighted by Gasteiger charge is -2.08. The molecule has 13 heteroatoms. The van der Waals surface area contributed by atoms with Gasteiger partial charge in [-0.15, -0.1) is 5.10 Å². The fraction of sp³-hybridized carbons (Fsp3) is 0.0476. The highest BCUT2D eigenvalue weighted by Crippen LogP contribution is 2.31. The fourth-order valence-corrected chi connectivity index (χ4v) is 3.66. The summed E-state index contributed by atoms with van der Waals surface area (Å²) in [4.78, 5) is 25.8. The minimum Gasteiger partial charge on any atom is -0.384 e.